The lowest BCUT2D eigenvalue weighted by Crippen LogP contribution is -2.58. The van der Waals surface area contributed by atoms with Crippen LogP contribution in [0.2, 0.25) is 0 Å². The van der Waals surface area contributed by atoms with Crippen molar-refractivity contribution in [3.63, 3.8) is 0 Å². The third-order valence-corrected chi connectivity index (χ3v) is 5.79. The van der Waals surface area contributed by atoms with Crippen molar-refractivity contribution in [2.75, 3.05) is 59.4 Å². The van der Waals surface area contributed by atoms with E-state index in [1.807, 2.05) is 32.6 Å². The number of guanidine groups is 1. The van der Waals surface area contributed by atoms with Crippen LogP contribution < -0.4 is 10.6 Å². The Morgan fingerprint density at radius 3 is 2.10 bits per heavy atom. The minimum Gasteiger partial charge on any atom is -0.356 e. The largest absolute Gasteiger partial charge is 0.356 e. The lowest BCUT2D eigenvalue weighted by molar-refractivity contribution is -0.135. The first-order chi connectivity index (χ1) is 13.3. The predicted octanol–water partition coefficient (Wildman–Crippen LogP) is 0.971. The standard InChI is InChI=1S/C20H38N6O2.HI/c1-6-22-18(28)20(3,4)15-23-19(21-5)26-13-11-24(12-14-26)16(2)17(27)25-9-7-8-10-25;/h16H,6-15H2,1-5H3,(H,21,23)(H,22,28);1H. The van der Waals surface area contributed by atoms with Crippen molar-refractivity contribution in [1.29, 1.82) is 0 Å². The lowest BCUT2D eigenvalue weighted by Gasteiger charge is -2.40. The van der Waals surface area contributed by atoms with Gasteiger partial charge in [0, 0.05) is 59.4 Å². The summed E-state index contributed by atoms with van der Waals surface area (Å²) in [6.45, 7) is 14.1. The van der Waals surface area contributed by atoms with Gasteiger partial charge in [-0.15, -0.1) is 24.0 Å². The fraction of sp³-hybridized carbons (Fsp3) is 0.850. The first kappa shape index (κ1) is 25.9. The summed E-state index contributed by atoms with van der Waals surface area (Å²) in [5.74, 6) is 1.12. The molecule has 2 heterocycles. The summed E-state index contributed by atoms with van der Waals surface area (Å²) in [5, 5.41) is 6.24. The molecule has 29 heavy (non-hydrogen) atoms. The van der Waals surface area contributed by atoms with Gasteiger partial charge in [0.05, 0.1) is 11.5 Å². The van der Waals surface area contributed by atoms with Gasteiger partial charge in [0.1, 0.15) is 0 Å². The summed E-state index contributed by atoms with van der Waals surface area (Å²) < 4.78 is 0. The quantitative estimate of drug-likeness (QED) is 0.309. The van der Waals surface area contributed by atoms with Gasteiger partial charge in [-0.3, -0.25) is 19.5 Å². The molecule has 2 rings (SSSR count). The maximum absolute atomic E-state index is 12.6. The molecular formula is C20H39IN6O2. The van der Waals surface area contributed by atoms with Crippen LogP contribution >= 0.6 is 24.0 Å². The molecule has 0 aromatic rings. The van der Waals surface area contributed by atoms with E-state index in [1.54, 1.807) is 7.05 Å². The van der Waals surface area contributed by atoms with Crippen molar-refractivity contribution >= 4 is 41.8 Å². The van der Waals surface area contributed by atoms with E-state index in [9.17, 15) is 9.59 Å². The minimum atomic E-state index is -0.509. The first-order valence-electron chi connectivity index (χ1n) is 10.6. The van der Waals surface area contributed by atoms with Crippen LogP contribution in [0.5, 0.6) is 0 Å². The molecule has 2 amide bonds. The summed E-state index contributed by atoms with van der Waals surface area (Å²) in [5.41, 5.74) is -0.509. The summed E-state index contributed by atoms with van der Waals surface area (Å²) >= 11 is 0. The van der Waals surface area contributed by atoms with Crippen LogP contribution in [0.15, 0.2) is 4.99 Å². The number of likely N-dealkylation sites (tertiary alicyclic amines) is 1. The highest BCUT2D eigenvalue weighted by Crippen LogP contribution is 2.15. The van der Waals surface area contributed by atoms with E-state index in [4.69, 9.17) is 0 Å². The molecule has 0 spiro atoms. The summed E-state index contributed by atoms with van der Waals surface area (Å²) in [6, 6.07) is -0.0631. The minimum absolute atomic E-state index is 0. The second-order valence-electron chi connectivity index (χ2n) is 8.38. The lowest BCUT2D eigenvalue weighted by atomic mass is 9.92. The Morgan fingerprint density at radius 2 is 1.59 bits per heavy atom. The second-order valence-corrected chi connectivity index (χ2v) is 8.38. The Hall–Kier alpha value is -1.10. The molecule has 2 aliphatic heterocycles. The van der Waals surface area contributed by atoms with Crippen LogP contribution in [0.1, 0.15) is 40.5 Å². The van der Waals surface area contributed by atoms with E-state index in [2.05, 4.69) is 25.4 Å². The van der Waals surface area contributed by atoms with E-state index in [1.165, 1.54) is 0 Å². The number of halogens is 1. The van der Waals surface area contributed by atoms with Gasteiger partial charge in [-0.1, -0.05) is 0 Å². The van der Waals surface area contributed by atoms with Crippen molar-refractivity contribution in [2.24, 2.45) is 10.4 Å². The topological polar surface area (TPSA) is 80.3 Å². The molecule has 0 aromatic carbocycles. The Balaban J connectivity index is 0.00000420. The average Bonchev–Trinajstić information content (AvgIpc) is 3.22. The number of rotatable bonds is 6. The number of amides is 2. The molecule has 168 valence electrons. The van der Waals surface area contributed by atoms with Crippen molar-refractivity contribution < 1.29 is 9.59 Å². The van der Waals surface area contributed by atoms with Crippen LogP contribution in [0.25, 0.3) is 0 Å². The Morgan fingerprint density at radius 1 is 1.00 bits per heavy atom. The molecule has 9 heteroatoms. The van der Waals surface area contributed by atoms with Gasteiger partial charge in [0.25, 0.3) is 0 Å². The van der Waals surface area contributed by atoms with E-state index in [0.29, 0.717) is 13.1 Å². The number of carbonyl (C=O) groups is 2. The van der Waals surface area contributed by atoms with Crippen molar-refractivity contribution in [3.8, 4) is 0 Å². The predicted molar refractivity (Wildman–Crippen MR) is 128 cm³/mol. The smallest absolute Gasteiger partial charge is 0.239 e. The van der Waals surface area contributed by atoms with E-state index in [0.717, 1.165) is 58.1 Å². The van der Waals surface area contributed by atoms with Crippen LogP contribution in [0.4, 0.5) is 0 Å². The summed E-state index contributed by atoms with van der Waals surface area (Å²) in [7, 11) is 1.77. The molecule has 2 saturated heterocycles. The third-order valence-electron chi connectivity index (χ3n) is 5.79. The number of aliphatic imine (C=N–C) groups is 1. The zero-order chi connectivity index (χ0) is 20.7. The Labute approximate surface area is 192 Å². The van der Waals surface area contributed by atoms with Gasteiger partial charge < -0.3 is 20.4 Å². The Bertz CT molecular complexity index is 569. The fourth-order valence-corrected chi connectivity index (χ4v) is 3.79. The van der Waals surface area contributed by atoms with Crippen LogP contribution in [-0.2, 0) is 9.59 Å². The van der Waals surface area contributed by atoms with Crippen molar-refractivity contribution in [2.45, 2.75) is 46.6 Å². The van der Waals surface area contributed by atoms with Gasteiger partial charge in [-0.2, -0.15) is 0 Å². The maximum Gasteiger partial charge on any atom is 0.239 e. The number of hydrogen-bond donors (Lipinski definition) is 2. The maximum atomic E-state index is 12.6. The molecule has 0 aromatic heterocycles. The van der Waals surface area contributed by atoms with Crippen molar-refractivity contribution in [1.82, 2.24) is 25.3 Å². The molecule has 0 bridgehead atoms. The Kier molecular flexibility index (Phi) is 10.7. The van der Waals surface area contributed by atoms with E-state index >= 15 is 0 Å². The summed E-state index contributed by atoms with van der Waals surface area (Å²) in [4.78, 5) is 35.7. The zero-order valence-electron chi connectivity index (χ0n) is 18.7. The first-order valence-corrected chi connectivity index (χ1v) is 10.6. The highest BCUT2D eigenvalue weighted by molar-refractivity contribution is 14.0. The second kappa shape index (κ2) is 11.9. The zero-order valence-corrected chi connectivity index (χ0v) is 21.0. The molecule has 1 unspecified atom stereocenters. The van der Waals surface area contributed by atoms with Crippen molar-refractivity contribution in [3.05, 3.63) is 0 Å². The molecule has 0 aliphatic carbocycles. The molecule has 2 fully saturated rings. The molecule has 0 radical (unpaired) electrons. The number of carbonyl (C=O) groups excluding carboxylic acids is 2. The van der Waals surface area contributed by atoms with Gasteiger partial charge in [-0.25, -0.2) is 0 Å². The molecule has 8 nitrogen and oxygen atoms in total. The average molecular weight is 522 g/mol. The normalized spacial score (nSPS) is 19.6. The van der Waals surface area contributed by atoms with Crippen LogP contribution in [-0.4, -0.2) is 97.9 Å². The van der Waals surface area contributed by atoms with Crippen LogP contribution in [0.3, 0.4) is 0 Å². The van der Waals surface area contributed by atoms with Gasteiger partial charge in [0.2, 0.25) is 11.8 Å². The molecule has 2 N–H and O–H groups in total. The number of hydrogen-bond acceptors (Lipinski definition) is 4. The van der Waals surface area contributed by atoms with E-state index in [-0.39, 0.29) is 41.8 Å². The number of piperazine rings is 1. The van der Waals surface area contributed by atoms with E-state index < -0.39 is 5.41 Å². The van der Waals surface area contributed by atoms with Crippen LogP contribution in [0, 0.1) is 5.41 Å². The highest BCUT2D eigenvalue weighted by atomic mass is 127. The third kappa shape index (κ3) is 6.97. The molecule has 1 atom stereocenters. The number of nitrogens with zero attached hydrogens (tertiary/aromatic N) is 4. The van der Waals surface area contributed by atoms with Gasteiger partial charge in [-0.05, 0) is 40.5 Å². The van der Waals surface area contributed by atoms with Gasteiger partial charge in [0.15, 0.2) is 5.96 Å². The fourth-order valence-electron chi connectivity index (χ4n) is 3.79. The number of nitrogens with one attached hydrogen (secondary N) is 2. The SMILES string of the molecule is CCNC(=O)C(C)(C)CNC(=NC)N1CCN(C(C)C(=O)N2CCCC2)CC1.I. The highest BCUT2D eigenvalue weighted by Gasteiger charge is 2.31. The summed E-state index contributed by atoms with van der Waals surface area (Å²) in [6.07, 6.45) is 2.25. The molecule has 2 aliphatic rings. The molecular weight excluding hydrogens is 483 g/mol. The monoisotopic (exact) mass is 522 g/mol. The van der Waals surface area contributed by atoms with Gasteiger partial charge >= 0.3 is 0 Å². The molecule has 0 saturated carbocycles.